The lowest BCUT2D eigenvalue weighted by atomic mass is 10.1. The molecule has 6 nitrogen and oxygen atoms in total. The summed E-state index contributed by atoms with van der Waals surface area (Å²) in [6.07, 6.45) is 0. The molecule has 0 saturated carbocycles. The van der Waals surface area contributed by atoms with Gasteiger partial charge < -0.3 is 18.6 Å². The molecule has 1 aromatic heterocycles. The quantitative estimate of drug-likeness (QED) is 0.537. The van der Waals surface area contributed by atoms with Gasteiger partial charge >= 0.3 is 5.97 Å². The van der Waals surface area contributed by atoms with Crippen molar-refractivity contribution in [2.24, 2.45) is 0 Å². The van der Waals surface area contributed by atoms with Crippen molar-refractivity contribution >= 4 is 22.7 Å². The smallest absolute Gasteiger partial charge is 0.374 e. The van der Waals surface area contributed by atoms with E-state index in [1.54, 1.807) is 30.3 Å². The molecule has 3 aromatic rings. The maximum absolute atomic E-state index is 12.2. The van der Waals surface area contributed by atoms with Crippen molar-refractivity contribution in [3.8, 4) is 11.5 Å². The molecule has 1 aliphatic heterocycles. The van der Waals surface area contributed by atoms with Crippen molar-refractivity contribution in [3.05, 3.63) is 59.9 Å². The molecule has 25 heavy (non-hydrogen) atoms. The Labute approximate surface area is 142 Å². The van der Waals surface area contributed by atoms with Crippen LogP contribution in [0.1, 0.15) is 20.9 Å². The summed E-state index contributed by atoms with van der Waals surface area (Å²) in [5.41, 5.74) is 0.981. The largest absolute Gasteiger partial charge is 0.486 e. The fourth-order valence-electron chi connectivity index (χ4n) is 2.58. The van der Waals surface area contributed by atoms with Gasteiger partial charge in [-0.3, -0.25) is 4.79 Å². The van der Waals surface area contributed by atoms with E-state index < -0.39 is 5.97 Å². The van der Waals surface area contributed by atoms with E-state index in [9.17, 15) is 9.59 Å². The van der Waals surface area contributed by atoms with Crippen LogP contribution >= 0.6 is 0 Å². The van der Waals surface area contributed by atoms with Crippen LogP contribution in [-0.2, 0) is 4.74 Å². The van der Waals surface area contributed by atoms with Crippen LogP contribution in [0, 0.1) is 0 Å². The highest BCUT2D eigenvalue weighted by Gasteiger charge is 2.18. The van der Waals surface area contributed by atoms with Crippen LogP contribution in [0.2, 0.25) is 0 Å². The number of ketones is 1. The topological polar surface area (TPSA) is 75.0 Å². The Morgan fingerprint density at radius 3 is 2.60 bits per heavy atom. The van der Waals surface area contributed by atoms with E-state index in [4.69, 9.17) is 18.6 Å². The Morgan fingerprint density at radius 2 is 1.76 bits per heavy atom. The lowest BCUT2D eigenvalue weighted by Crippen LogP contribution is -2.17. The maximum Gasteiger partial charge on any atom is 0.374 e. The maximum atomic E-state index is 12.2. The van der Waals surface area contributed by atoms with Gasteiger partial charge in [-0.1, -0.05) is 18.2 Å². The van der Waals surface area contributed by atoms with Crippen molar-refractivity contribution in [1.82, 2.24) is 0 Å². The van der Waals surface area contributed by atoms with Crippen LogP contribution in [0.4, 0.5) is 0 Å². The Bertz CT molecular complexity index is 922. The summed E-state index contributed by atoms with van der Waals surface area (Å²) in [5.74, 6) is 0.169. The highest BCUT2D eigenvalue weighted by atomic mass is 16.6. The number of para-hydroxylation sites is 1. The third-order valence-electron chi connectivity index (χ3n) is 3.83. The molecular weight excluding hydrogens is 324 g/mol. The number of hydrogen-bond acceptors (Lipinski definition) is 6. The zero-order chi connectivity index (χ0) is 17.2. The third-order valence-corrected chi connectivity index (χ3v) is 3.83. The summed E-state index contributed by atoms with van der Waals surface area (Å²) in [4.78, 5) is 24.3. The molecule has 4 rings (SSSR count). The number of carbonyl (C=O) groups is 2. The second-order valence-electron chi connectivity index (χ2n) is 5.51. The Kier molecular flexibility index (Phi) is 3.85. The number of esters is 1. The van der Waals surface area contributed by atoms with Crippen molar-refractivity contribution in [1.29, 1.82) is 0 Å². The average Bonchev–Trinajstić information content (AvgIpc) is 3.09. The van der Waals surface area contributed by atoms with E-state index >= 15 is 0 Å². The summed E-state index contributed by atoms with van der Waals surface area (Å²) < 4.78 is 21.3. The molecule has 0 radical (unpaired) electrons. The predicted octanol–water partition coefficient (Wildman–Crippen LogP) is 3.24. The molecule has 0 aliphatic carbocycles. The lowest BCUT2D eigenvalue weighted by molar-refractivity contribution is 0.0446. The monoisotopic (exact) mass is 338 g/mol. The fraction of sp³-hybridized carbons (Fsp3) is 0.158. The molecule has 0 atom stereocenters. The third kappa shape index (κ3) is 3.06. The van der Waals surface area contributed by atoms with Gasteiger partial charge in [-0.2, -0.15) is 0 Å². The summed E-state index contributed by atoms with van der Waals surface area (Å²) in [6.45, 7) is 0.538. The van der Waals surface area contributed by atoms with Gasteiger partial charge in [0.1, 0.15) is 18.8 Å². The molecule has 0 fully saturated rings. The zero-order valence-electron chi connectivity index (χ0n) is 13.2. The minimum Gasteiger partial charge on any atom is -0.486 e. The number of ether oxygens (including phenoxy) is 3. The molecule has 0 N–H and O–H groups in total. The molecule has 0 bridgehead atoms. The summed E-state index contributed by atoms with van der Waals surface area (Å²) in [5, 5.41) is 0.799. The van der Waals surface area contributed by atoms with Gasteiger partial charge in [-0.15, -0.1) is 0 Å². The van der Waals surface area contributed by atoms with Gasteiger partial charge in [0.2, 0.25) is 5.76 Å². The first-order chi connectivity index (χ1) is 12.2. The van der Waals surface area contributed by atoms with Crippen LogP contribution in [0.5, 0.6) is 11.5 Å². The number of rotatable bonds is 4. The summed E-state index contributed by atoms with van der Waals surface area (Å²) in [6, 6.07) is 13.7. The molecule has 126 valence electrons. The molecule has 0 spiro atoms. The number of carbonyl (C=O) groups excluding carboxylic acids is 2. The molecular formula is C19H14O6. The highest BCUT2D eigenvalue weighted by Crippen LogP contribution is 2.30. The van der Waals surface area contributed by atoms with Gasteiger partial charge in [0.15, 0.2) is 23.9 Å². The van der Waals surface area contributed by atoms with Crippen molar-refractivity contribution in [2.75, 3.05) is 19.8 Å². The van der Waals surface area contributed by atoms with Crippen molar-refractivity contribution in [2.45, 2.75) is 0 Å². The standard InChI is InChI=1S/C19H14O6/c20-14(12-5-6-16-17(9-12)23-8-7-22-16)11-24-19(21)18-10-13-3-1-2-4-15(13)25-18/h1-6,9-10H,7-8,11H2. The van der Waals surface area contributed by atoms with E-state index in [0.717, 1.165) is 5.39 Å². The van der Waals surface area contributed by atoms with Gasteiger partial charge in [0, 0.05) is 10.9 Å². The van der Waals surface area contributed by atoms with Crippen LogP contribution in [-0.4, -0.2) is 31.6 Å². The normalized spacial score (nSPS) is 12.8. The molecule has 0 unspecified atom stereocenters. The zero-order valence-corrected chi connectivity index (χ0v) is 13.2. The van der Waals surface area contributed by atoms with E-state index in [0.29, 0.717) is 35.9 Å². The summed E-state index contributed by atoms with van der Waals surface area (Å²) in [7, 11) is 0. The Hall–Kier alpha value is -3.28. The van der Waals surface area contributed by atoms with Crippen molar-refractivity contribution < 1.29 is 28.2 Å². The van der Waals surface area contributed by atoms with Crippen LogP contribution < -0.4 is 9.47 Å². The van der Waals surface area contributed by atoms with E-state index in [1.807, 2.05) is 18.2 Å². The average molecular weight is 338 g/mol. The van der Waals surface area contributed by atoms with E-state index in [-0.39, 0.29) is 18.2 Å². The first kappa shape index (κ1) is 15.3. The van der Waals surface area contributed by atoms with E-state index in [2.05, 4.69) is 0 Å². The number of Topliss-reactive ketones (excluding diaryl/α,β-unsaturated/α-hetero) is 1. The minimum absolute atomic E-state index is 0.0659. The number of benzene rings is 2. The summed E-state index contributed by atoms with van der Waals surface area (Å²) >= 11 is 0. The SMILES string of the molecule is O=C(COC(=O)c1cc2ccccc2o1)c1ccc2c(c1)OCCO2. The first-order valence-corrected chi connectivity index (χ1v) is 7.79. The fourth-order valence-corrected chi connectivity index (χ4v) is 2.58. The predicted molar refractivity (Wildman–Crippen MR) is 88.3 cm³/mol. The minimum atomic E-state index is -0.679. The Balaban J connectivity index is 1.43. The molecule has 6 heteroatoms. The number of furan rings is 1. The molecule has 2 heterocycles. The second kappa shape index (κ2) is 6.32. The lowest BCUT2D eigenvalue weighted by Gasteiger charge is -2.18. The van der Waals surface area contributed by atoms with Gasteiger partial charge in [0.25, 0.3) is 0 Å². The van der Waals surface area contributed by atoms with Crippen LogP contribution in [0.25, 0.3) is 11.0 Å². The Morgan fingerprint density at radius 1 is 0.960 bits per heavy atom. The molecule has 0 amide bonds. The van der Waals surface area contributed by atoms with Crippen LogP contribution in [0.15, 0.2) is 52.9 Å². The van der Waals surface area contributed by atoms with Gasteiger partial charge in [-0.05, 0) is 30.3 Å². The highest BCUT2D eigenvalue weighted by molar-refractivity contribution is 6.00. The first-order valence-electron chi connectivity index (χ1n) is 7.79. The molecule has 1 aliphatic rings. The van der Waals surface area contributed by atoms with Gasteiger partial charge in [-0.25, -0.2) is 4.79 Å². The van der Waals surface area contributed by atoms with Crippen LogP contribution in [0.3, 0.4) is 0 Å². The number of hydrogen-bond donors (Lipinski definition) is 0. The van der Waals surface area contributed by atoms with E-state index in [1.165, 1.54) is 0 Å². The molecule has 2 aromatic carbocycles. The molecule has 0 saturated heterocycles. The van der Waals surface area contributed by atoms with Gasteiger partial charge in [0.05, 0.1) is 0 Å². The van der Waals surface area contributed by atoms with Crippen molar-refractivity contribution in [3.63, 3.8) is 0 Å². The number of fused-ring (bicyclic) bond motifs is 2. The second-order valence-corrected chi connectivity index (χ2v) is 5.51.